The summed E-state index contributed by atoms with van der Waals surface area (Å²) in [7, 11) is -1.07. The Kier molecular flexibility index (Phi) is 8.26. The largest absolute Gasteiger partial charge is 0.340 e. The van der Waals surface area contributed by atoms with Crippen molar-refractivity contribution in [1.29, 1.82) is 5.26 Å². The van der Waals surface area contributed by atoms with Gasteiger partial charge in [0, 0.05) is 47.7 Å². The van der Waals surface area contributed by atoms with Gasteiger partial charge in [0.1, 0.15) is 6.04 Å². The molecule has 142 valence electrons. The molecule has 2 rings (SSSR count). The van der Waals surface area contributed by atoms with Crippen molar-refractivity contribution in [1.82, 2.24) is 9.80 Å². The van der Waals surface area contributed by atoms with E-state index in [2.05, 4.69) is 40.7 Å². The van der Waals surface area contributed by atoms with E-state index in [0.717, 1.165) is 22.5 Å². The van der Waals surface area contributed by atoms with Crippen molar-refractivity contribution in [2.45, 2.75) is 37.6 Å². The van der Waals surface area contributed by atoms with Gasteiger partial charge in [-0.3, -0.25) is 13.9 Å². The number of halogens is 1. The maximum absolute atomic E-state index is 12.4. The van der Waals surface area contributed by atoms with Crippen molar-refractivity contribution in [3.05, 3.63) is 28.7 Å². The summed E-state index contributed by atoms with van der Waals surface area (Å²) >= 11 is 3.37. The molecule has 1 heterocycles. The third kappa shape index (κ3) is 5.90. The van der Waals surface area contributed by atoms with Gasteiger partial charge in [-0.2, -0.15) is 5.26 Å². The van der Waals surface area contributed by atoms with E-state index in [0.29, 0.717) is 31.7 Å². The molecule has 0 bridgehead atoms. The zero-order valence-electron chi connectivity index (χ0n) is 15.4. The molecule has 1 saturated heterocycles. The zero-order chi connectivity index (χ0) is 19.1. The quantitative estimate of drug-likeness (QED) is 0.654. The van der Waals surface area contributed by atoms with Crippen molar-refractivity contribution in [3.8, 4) is 6.07 Å². The second kappa shape index (κ2) is 10.2. The molecule has 5 nitrogen and oxygen atoms in total. The van der Waals surface area contributed by atoms with Crippen LogP contribution in [0, 0.1) is 17.2 Å². The molecule has 0 spiro atoms. The first kappa shape index (κ1) is 21.1. The number of nitrogens with zero attached hydrogens (tertiary/aromatic N) is 3. The number of piperazine rings is 1. The minimum atomic E-state index is -1.07. The number of nitriles is 1. The molecule has 0 N–H and O–H groups in total. The summed E-state index contributed by atoms with van der Waals surface area (Å²) in [6, 6.07) is 9.74. The average molecular weight is 440 g/mol. The van der Waals surface area contributed by atoms with E-state index in [1.54, 1.807) is 0 Å². The van der Waals surface area contributed by atoms with E-state index in [9.17, 15) is 14.3 Å². The predicted molar refractivity (Wildman–Crippen MR) is 107 cm³/mol. The lowest BCUT2D eigenvalue weighted by Crippen LogP contribution is -2.52. The standard InChI is InChI=1S/C19H26BrN3O2S/c1-15(2)18(14-21)22-9-11-23(12-10-22)19(24)4-3-13-26(25)17-7-5-16(20)6-8-17/h5-8,15,18H,3-4,9-13H2,1-2H3. The Morgan fingerprint density at radius 1 is 1.23 bits per heavy atom. The molecule has 0 radical (unpaired) electrons. The summed E-state index contributed by atoms with van der Waals surface area (Å²) in [5, 5.41) is 9.30. The molecule has 2 unspecified atom stereocenters. The molecule has 1 aliphatic heterocycles. The molecule has 1 aliphatic rings. The van der Waals surface area contributed by atoms with Crippen molar-refractivity contribution in [2.24, 2.45) is 5.92 Å². The second-order valence-corrected chi connectivity index (χ2v) is 9.33. The fourth-order valence-corrected chi connectivity index (χ4v) is 4.46. The van der Waals surface area contributed by atoms with Crippen molar-refractivity contribution < 1.29 is 9.00 Å². The van der Waals surface area contributed by atoms with E-state index >= 15 is 0 Å². The highest BCUT2D eigenvalue weighted by Crippen LogP contribution is 2.16. The normalized spacial score (nSPS) is 17.7. The molecular weight excluding hydrogens is 414 g/mol. The van der Waals surface area contributed by atoms with E-state index in [-0.39, 0.29) is 17.9 Å². The lowest BCUT2D eigenvalue weighted by atomic mass is 10.0. The molecule has 1 aromatic carbocycles. The van der Waals surface area contributed by atoms with Crippen LogP contribution >= 0.6 is 15.9 Å². The van der Waals surface area contributed by atoms with Gasteiger partial charge in [-0.1, -0.05) is 29.8 Å². The van der Waals surface area contributed by atoms with Gasteiger partial charge in [-0.05, 0) is 36.6 Å². The first-order chi connectivity index (χ1) is 12.4. The number of rotatable bonds is 7. The van der Waals surface area contributed by atoms with E-state index in [4.69, 9.17) is 0 Å². The number of hydrogen-bond donors (Lipinski definition) is 0. The lowest BCUT2D eigenvalue weighted by Gasteiger charge is -2.38. The summed E-state index contributed by atoms with van der Waals surface area (Å²) in [5.74, 6) is 0.906. The molecule has 0 aliphatic carbocycles. The summed E-state index contributed by atoms with van der Waals surface area (Å²) in [5.41, 5.74) is 0. The zero-order valence-corrected chi connectivity index (χ0v) is 17.8. The smallest absolute Gasteiger partial charge is 0.222 e. The maximum Gasteiger partial charge on any atom is 0.222 e. The predicted octanol–water partition coefficient (Wildman–Crippen LogP) is 3.03. The van der Waals surface area contributed by atoms with Gasteiger partial charge in [0.2, 0.25) is 5.91 Å². The third-order valence-electron chi connectivity index (χ3n) is 4.62. The fraction of sp³-hybridized carbons (Fsp3) is 0.579. The van der Waals surface area contributed by atoms with Gasteiger partial charge in [0.05, 0.1) is 16.9 Å². The van der Waals surface area contributed by atoms with Crippen LogP contribution in [0.5, 0.6) is 0 Å². The molecule has 0 saturated carbocycles. The van der Waals surface area contributed by atoms with Gasteiger partial charge < -0.3 is 4.90 Å². The molecule has 1 fully saturated rings. The van der Waals surface area contributed by atoms with Crippen molar-refractivity contribution in [3.63, 3.8) is 0 Å². The summed E-state index contributed by atoms with van der Waals surface area (Å²) < 4.78 is 13.2. The average Bonchev–Trinajstić information content (AvgIpc) is 2.63. The molecular formula is C19H26BrN3O2S. The number of hydrogen-bond acceptors (Lipinski definition) is 4. The van der Waals surface area contributed by atoms with Crippen molar-refractivity contribution in [2.75, 3.05) is 31.9 Å². The molecule has 2 atom stereocenters. The van der Waals surface area contributed by atoms with Crippen LogP contribution in [0.4, 0.5) is 0 Å². The molecule has 0 aromatic heterocycles. The SMILES string of the molecule is CC(C)C(C#N)N1CCN(C(=O)CCCS(=O)c2ccc(Br)cc2)CC1. The Labute approximate surface area is 166 Å². The molecule has 26 heavy (non-hydrogen) atoms. The van der Waals surface area contributed by atoms with Crippen LogP contribution in [0.1, 0.15) is 26.7 Å². The minimum absolute atomic E-state index is 0.0828. The second-order valence-electron chi connectivity index (χ2n) is 6.84. The van der Waals surface area contributed by atoms with E-state index in [1.807, 2.05) is 29.2 Å². The van der Waals surface area contributed by atoms with Gasteiger partial charge in [0.25, 0.3) is 0 Å². The van der Waals surface area contributed by atoms with E-state index in [1.165, 1.54) is 0 Å². The third-order valence-corrected chi connectivity index (χ3v) is 6.61. The summed E-state index contributed by atoms with van der Waals surface area (Å²) in [6.07, 6.45) is 1.04. The topological polar surface area (TPSA) is 64.4 Å². The highest BCUT2D eigenvalue weighted by atomic mass is 79.9. The van der Waals surface area contributed by atoms with Crippen LogP contribution in [-0.4, -0.2) is 57.9 Å². The highest BCUT2D eigenvalue weighted by Gasteiger charge is 2.27. The van der Waals surface area contributed by atoms with Crippen LogP contribution in [0.3, 0.4) is 0 Å². The minimum Gasteiger partial charge on any atom is -0.340 e. The Hall–Kier alpha value is -1.23. The Bertz CT molecular complexity index is 664. The van der Waals surface area contributed by atoms with Crippen molar-refractivity contribution >= 4 is 32.6 Å². The number of carbonyl (C=O) groups is 1. The van der Waals surface area contributed by atoms with Crippen LogP contribution in [0.15, 0.2) is 33.6 Å². The monoisotopic (exact) mass is 439 g/mol. The molecule has 1 amide bonds. The highest BCUT2D eigenvalue weighted by molar-refractivity contribution is 9.10. The first-order valence-electron chi connectivity index (χ1n) is 8.97. The van der Waals surface area contributed by atoms with Gasteiger partial charge >= 0.3 is 0 Å². The number of carbonyl (C=O) groups excluding carboxylic acids is 1. The Balaban J connectivity index is 1.73. The first-order valence-corrected chi connectivity index (χ1v) is 11.1. The van der Waals surface area contributed by atoms with Gasteiger partial charge in [-0.25, -0.2) is 0 Å². The molecule has 1 aromatic rings. The fourth-order valence-electron chi connectivity index (χ4n) is 3.12. The lowest BCUT2D eigenvalue weighted by molar-refractivity contribution is -0.133. The maximum atomic E-state index is 12.4. The Morgan fingerprint density at radius 3 is 2.38 bits per heavy atom. The van der Waals surface area contributed by atoms with Gasteiger partial charge in [-0.15, -0.1) is 0 Å². The number of amides is 1. The summed E-state index contributed by atoms with van der Waals surface area (Å²) in [6.45, 7) is 6.92. The van der Waals surface area contributed by atoms with Gasteiger partial charge in [0.15, 0.2) is 0 Å². The van der Waals surface area contributed by atoms with Crippen LogP contribution < -0.4 is 0 Å². The van der Waals surface area contributed by atoms with Crippen LogP contribution in [-0.2, 0) is 15.6 Å². The Morgan fingerprint density at radius 2 is 1.85 bits per heavy atom. The summed E-state index contributed by atoms with van der Waals surface area (Å²) in [4.78, 5) is 17.2. The number of benzene rings is 1. The van der Waals surface area contributed by atoms with E-state index < -0.39 is 10.8 Å². The van der Waals surface area contributed by atoms with Crippen LogP contribution in [0.2, 0.25) is 0 Å². The van der Waals surface area contributed by atoms with Crippen LogP contribution in [0.25, 0.3) is 0 Å². The molecule has 7 heteroatoms.